The van der Waals surface area contributed by atoms with Crippen molar-refractivity contribution in [1.29, 1.82) is 0 Å². The number of nitrogens with two attached hydrogens (primary N) is 1. The van der Waals surface area contributed by atoms with Crippen LogP contribution in [-0.4, -0.2) is 12.3 Å². The molecule has 0 amide bonds. The predicted molar refractivity (Wildman–Crippen MR) is 63.8 cm³/mol. The number of Topliss-reactive ketones (excluding diaryl/α,β-unsaturated/α-hetero) is 1. The summed E-state index contributed by atoms with van der Waals surface area (Å²) in [5, 5.41) is 0. The normalized spacial score (nSPS) is 44.9. The Morgan fingerprint density at radius 3 is 2.06 bits per heavy atom. The molecular weight excluding hydrogens is 198 g/mol. The van der Waals surface area contributed by atoms with Gasteiger partial charge in [0.05, 0.1) is 6.54 Å². The van der Waals surface area contributed by atoms with Crippen LogP contribution in [0.15, 0.2) is 0 Å². The molecule has 4 aliphatic rings. The van der Waals surface area contributed by atoms with Crippen molar-refractivity contribution in [3.63, 3.8) is 0 Å². The minimum Gasteiger partial charge on any atom is -0.324 e. The van der Waals surface area contributed by atoms with E-state index in [1.54, 1.807) is 0 Å². The monoisotopic (exact) mass is 221 g/mol. The molecule has 2 nitrogen and oxygen atoms in total. The van der Waals surface area contributed by atoms with Crippen LogP contribution in [0.5, 0.6) is 0 Å². The first-order valence-electron chi connectivity index (χ1n) is 6.98. The lowest BCUT2D eigenvalue weighted by Gasteiger charge is -2.54. The van der Waals surface area contributed by atoms with Crippen molar-refractivity contribution in [1.82, 2.24) is 0 Å². The standard InChI is InChI=1S/C14H23NO/c15-8-13(16)1-2-14-11-4-9-3-10(6-11)7-12(14)5-9/h9-12,14H,1-8,15H2. The maximum Gasteiger partial charge on any atom is 0.146 e. The highest BCUT2D eigenvalue weighted by molar-refractivity contribution is 5.80. The van der Waals surface area contributed by atoms with Crippen LogP contribution in [0, 0.1) is 29.6 Å². The van der Waals surface area contributed by atoms with Gasteiger partial charge in [-0.1, -0.05) is 0 Å². The van der Waals surface area contributed by atoms with Crippen LogP contribution < -0.4 is 5.73 Å². The van der Waals surface area contributed by atoms with Gasteiger partial charge < -0.3 is 5.73 Å². The topological polar surface area (TPSA) is 43.1 Å². The van der Waals surface area contributed by atoms with E-state index in [2.05, 4.69) is 0 Å². The van der Waals surface area contributed by atoms with Gasteiger partial charge in [0.25, 0.3) is 0 Å². The Hall–Kier alpha value is -0.370. The zero-order valence-corrected chi connectivity index (χ0v) is 10.0. The zero-order chi connectivity index (χ0) is 11.1. The molecule has 0 radical (unpaired) electrons. The van der Waals surface area contributed by atoms with E-state index in [1.807, 2.05) is 0 Å². The first-order valence-corrected chi connectivity index (χ1v) is 6.98. The highest BCUT2D eigenvalue weighted by Crippen LogP contribution is 2.57. The Morgan fingerprint density at radius 1 is 1.00 bits per heavy atom. The molecule has 0 atom stereocenters. The maximum absolute atomic E-state index is 11.3. The van der Waals surface area contributed by atoms with Crippen molar-refractivity contribution in [2.75, 3.05) is 6.54 Å². The molecule has 0 unspecified atom stereocenters. The average molecular weight is 221 g/mol. The lowest BCUT2D eigenvalue weighted by atomic mass is 9.51. The molecule has 2 heteroatoms. The number of rotatable bonds is 4. The van der Waals surface area contributed by atoms with Crippen LogP contribution in [-0.2, 0) is 4.79 Å². The third kappa shape index (κ3) is 1.81. The summed E-state index contributed by atoms with van der Waals surface area (Å²) < 4.78 is 0. The third-order valence-electron chi connectivity index (χ3n) is 5.41. The van der Waals surface area contributed by atoms with Crippen LogP contribution in [0.2, 0.25) is 0 Å². The van der Waals surface area contributed by atoms with Crippen LogP contribution in [0.3, 0.4) is 0 Å². The van der Waals surface area contributed by atoms with Gasteiger partial charge in [-0.15, -0.1) is 0 Å². The molecule has 4 rings (SSSR count). The Kier molecular flexibility index (Phi) is 2.78. The summed E-state index contributed by atoms with van der Waals surface area (Å²) in [6.07, 6.45) is 9.25. The van der Waals surface area contributed by atoms with E-state index in [-0.39, 0.29) is 12.3 Å². The Bertz CT molecular complexity index is 258. The van der Waals surface area contributed by atoms with E-state index >= 15 is 0 Å². The SMILES string of the molecule is NCC(=O)CCC1C2CC3CC(C2)CC1C3. The maximum atomic E-state index is 11.3. The highest BCUT2D eigenvalue weighted by atomic mass is 16.1. The average Bonchev–Trinajstić information content (AvgIpc) is 2.26. The number of hydrogen-bond acceptors (Lipinski definition) is 2. The van der Waals surface area contributed by atoms with E-state index in [0.29, 0.717) is 0 Å². The fourth-order valence-electron chi connectivity index (χ4n) is 4.94. The van der Waals surface area contributed by atoms with Crippen molar-refractivity contribution < 1.29 is 4.79 Å². The van der Waals surface area contributed by atoms with E-state index in [0.717, 1.165) is 42.4 Å². The second-order valence-corrected chi connectivity index (χ2v) is 6.38. The second-order valence-electron chi connectivity index (χ2n) is 6.38. The summed E-state index contributed by atoms with van der Waals surface area (Å²) in [5.41, 5.74) is 5.38. The van der Waals surface area contributed by atoms with Crippen LogP contribution in [0.4, 0.5) is 0 Å². The zero-order valence-electron chi connectivity index (χ0n) is 10.0. The van der Waals surface area contributed by atoms with E-state index < -0.39 is 0 Å². The molecule has 4 saturated carbocycles. The first-order chi connectivity index (χ1) is 7.76. The van der Waals surface area contributed by atoms with Crippen molar-refractivity contribution in [2.24, 2.45) is 35.3 Å². The smallest absolute Gasteiger partial charge is 0.146 e. The fourth-order valence-corrected chi connectivity index (χ4v) is 4.94. The molecule has 90 valence electrons. The molecule has 0 saturated heterocycles. The summed E-state index contributed by atoms with van der Waals surface area (Å²) in [7, 11) is 0. The molecule has 4 bridgehead atoms. The molecule has 4 fully saturated rings. The van der Waals surface area contributed by atoms with Crippen LogP contribution in [0.1, 0.15) is 44.9 Å². The van der Waals surface area contributed by atoms with Crippen molar-refractivity contribution in [3.05, 3.63) is 0 Å². The minimum absolute atomic E-state index is 0.243. The molecule has 16 heavy (non-hydrogen) atoms. The minimum atomic E-state index is 0.243. The molecule has 0 aromatic heterocycles. The van der Waals surface area contributed by atoms with E-state index in [9.17, 15) is 4.79 Å². The molecule has 0 spiro atoms. The molecule has 0 aromatic carbocycles. The van der Waals surface area contributed by atoms with Gasteiger partial charge in [0.2, 0.25) is 0 Å². The highest BCUT2D eigenvalue weighted by Gasteiger charge is 2.47. The quantitative estimate of drug-likeness (QED) is 0.792. The Balaban J connectivity index is 1.61. The number of ketones is 1. The summed E-state index contributed by atoms with van der Waals surface area (Å²) in [5.74, 6) is 5.13. The van der Waals surface area contributed by atoms with Gasteiger partial charge in [-0.2, -0.15) is 0 Å². The lowest BCUT2D eigenvalue weighted by molar-refractivity contribution is -0.119. The molecule has 2 N–H and O–H groups in total. The van der Waals surface area contributed by atoms with Gasteiger partial charge in [0.1, 0.15) is 5.78 Å². The molecule has 0 heterocycles. The van der Waals surface area contributed by atoms with Gasteiger partial charge in [-0.25, -0.2) is 0 Å². The summed E-state index contributed by atoms with van der Waals surface area (Å²) in [4.78, 5) is 11.3. The van der Waals surface area contributed by atoms with Gasteiger partial charge in [0.15, 0.2) is 0 Å². The second kappa shape index (κ2) is 4.14. The number of carbonyl (C=O) groups is 1. The molecule has 4 aliphatic carbocycles. The van der Waals surface area contributed by atoms with Gasteiger partial charge >= 0.3 is 0 Å². The van der Waals surface area contributed by atoms with Gasteiger partial charge in [0, 0.05) is 6.42 Å². The van der Waals surface area contributed by atoms with Crippen molar-refractivity contribution in [2.45, 2.75) is 44.9 Å². The fraction of sp³-hybridized carbons (Fsp3) is 0.929. The van der Waals surface area contributed by atoms with E-state index in [1.165, 1.54) is 32.1 Å². The summed E-state index contributed by atoms with van der Waals surface area (Å²) in [6, 6.07) is 0. The first kappa shape index (κ1) is 10.8. The van der Waals surface area contributed by atoms with Gasteiger partial charge in [-0.05, 0) is 68.1 Å². The number of hydrogen-bond donors (Lipinski definition) is 1. The van der Waals surface area contributed by atoms with Gasteiger partial charge in [-0.3, -0.25) is 4.79 Å². The van der Waals surface area contributed by atoms with Crippen molar-refractivity contribution >= 4 is 5.78 Å². The Morgan fingerprint density at radius 2 is 1.56 bits per heavy atom. The third-order valence-corrected chi connectivity index (χ3v) is 5.41. The molecular formula is C14H23NO. The van der Waals surface area contributed by atoms with E-state index in [4.69, 9.17) is 5.73 Å². The van der Waals surface area contributed by atoms with Crippen LogP contribution >= 0.6 is 0 Å². The summed E-state index contributed by atoms with van der Waals surface area (Å²) >= 11 is 0. The lowest BCUT2D eigenvalue weighted by Crippen LogP contribution is -2.45. The molecule has 0 aliphatic heterocycles. The van der Waals surface area contributed by atoms with Crippen molar-refractivity contribution in [3.8, 4) is 0 Å². The van der Waals surface area contributed by atoms with Crippen LogP contribution in [0.25, 0.3) is 0 Å². The number of carbonyl (C=O) groups excluding carboxylic acids is 1. The predicted octanol–water partition coefficient (Wildman–Crippen LogP) is 2.37. The largest absolute Gasteiger partial charge is 0.324 e. The Labute approximate surface area is 98.0 Å². The molecule has 0 aromatic rings. The summed E-state index contributed by atoms with van der Waals surface area (Å²) in [6.45, 7) is 0.243.